The fraction of sp³-hybridized carbons (Fsp3) is 0.889. The Balaban J connectivity index is 2.16. The van der Waals surface area contributed by atoms with Crippen LogP contribution in [0.4, 0.5) is 4.79 Å². The van der Waals surface area contributed by atoms with Crippen LogP contribution in [0.15, 0.2) is 0 Å². The van der Waals surface area contributed by atoms with Crippen LogP contribution in [-0.2, 0) is 9.53 Å². The lowest BCUT2D eigenvalue weighted by molar-refractivity contribution is -0.145. The number of nitrogens with zero attached hydrogens (tertiary/aromatic N) is 2. The quantitative estimate of drug-likeness (QED) is 0.837. The molecule has 0 aliphatic carbocycles. The van der Waals surface area contributed by atoms with E-state index in [0.717, 1.165) is 12.8 Å². The molecule has 138 valence electrons. The molecule has 2 heterocycles. The van der Waals surface area contributed by atoms with Crippen LogP contribution in [0, 0.1) is 5.92 Å². The van der Waals surface area contributed by atoms with Crippen molar-refractivity contribution in [1.82, 2.24) is 9.80 Å². The van der Waals surface area contributed by atoms with Crippen LogP contribution in [0.5, 0.6) is 0 Å². The van der Waals surface area contributed by atoms with E-state index in [9.17, 15) is 14.7 Å². The molecule has 0 saturated carbocycles. The zero-order chi connectivity index (χ0) is 18.1. The second-order valence-electron chi connectivity index (χ2n) is 8.39. The van der Waals surface area contributed by atoms with E-state index < -0.39 is 23.6 Å². The SMILES string of the molecule is C[C@@H]1CCC[C@H](C)N1[C@H]1C[C@H](C(=O)O)CN(C(=O)OC(C)(C)C)C1. The number of likely N-dealkylation sites (tertiary alicyclic amines) is 2. The molecule has 0 aromatic rings. The van der Waals surface area contributed by atoms with Crippen LogP contribution in [0.25, 0.3) is 0 Å². The van der Waals surface area contributed by atoms with Gasteiger partial charge in [-0.05, 0) is 53.9 Å². The van der Waals surface area contributed by atoms with Crippen molar-refractivity contribution in [3.8, 4) is 0 Å². The second-order valence-corrected chi connectivity index (χ2v) is 8.39. The first-order chi connectivity index (χ1) is 11.1. The van der Waals surface area contributed by atoms with Crippen LogP contribution in [0.3, 0.4) is 0 Å². The molecule has 2 saturated heterocycles. The molecular weight excluding hydrogens is 308 g/mol. The third kappa shape index (κ3) is 4.62. The van der Waals surface area contributed by atoms with E-state index in [-0.39, 0.29) is 12.6 Å². The Morgan fingerprint density at radius 3 is 2.17 bits per heavy atom. The van der Waals surface area contributed by atoms with E-state index in [1.165, 1.54) is 6.42 Å². The highest BCUT2D eigenvalue weighted by Gasteiger charge is 2.41. The number of carboxylic acid groups (broad SMARTS) is 1. The smallest absolute Gasteiger partial charge is 0.410 e. The van der Waals surface area contributed by atoms with Gasteiger partial charge in [-0.15, -0.1) is 0 Å². The lowest BCUT2D eigenvalue weighted by Gasteiger charge is -2.48. The lowest BCUT2D eigenvalue weighted by Crippen LogP contribution is -2.59. The number of ether oxygens (including phenoxy) is 1. The van der Waals surface area contributed by atoms with E-state index >= 15 is 0 Å². The maximum Gasteiger partial charge on any atom is 0.410 e. The number of carbonyl (C=O) groups excluding carboxylic acids is 1. The summed E-state index contributed by atoms with van der Waals surface area (Å²) in [6.07, 6.45) is 3.67. The predicted molar refractivity (Wildman–Crippen MR) is 92.0 cm³/mol. The van der Waals surface area contributed by atoms with Gasteiger partial charge in [-0.3, -0.25) is 9.69 Å². The van der Waals surface area contributed by atoms with Gasteiger partial charge in [-0.25, -0.2) is 4.79 Å². The summed E-state index contributed by atoms with van der Waals surface area (Å²) in [5, 5.41) is 9.52. The Morgan fingerprint density at radius 1 is 1.08 bits per heavy atom. The molecule has 4 atom stereocenters. The van der Waals surface area contributed by atoms with Gasteiger partial charge in [-0.1, -0.05) is 6.42 Å². The number of carboxylic acids is 1. The van der Waals surface area contributed by atoms with Gasteiger partial charge in [0.15, 0.2) is 0 Å². The van der Waals surface area contributed by atoms with Crippen LogP contribution < -0.4 is 0 Å². The normalized spacial score (nSPS) is 32.5. The Labute approximate surface area is 145 Å². The lowest BCUT2D eigenvalue weighted by atomic mass is 9.88. The van der Waals surface area contributed by atoms with Crippen molar-refractivity contribution in [1.29, 1.82) is 0 Å². The summed E-state index contributed by atoms with van der Waals surface area (Å²) in [6, 6.07) is 0.927. The van der Waals surface area contributed by atoms with Crippen LogP contribution in [-0.4, -0.2) is 63.8 Å². The maximum absolute atomic E-state index is 12.5. The van der Waals surface area contributed by atoms with Gasteiger partial charge in [-0.2, -0.15) is 0 Å². The molecule has 0 aromatic heterocycles. The summed E-state index contributed by atoms with van der Waals surface area (Å²) in [5.41, 5.74) is -0.575. The predicted octanol–water partition coefficient (Wildman–Crippen LogP) is 2.96. The van der Waals surface area contributed by atoms with E-state index in [1.54, 1.807) is 4.90 Å². The Bertz CT molecular complexity index is 464. The zero-order valence-corrected chi connectivity index (χ0v) is 15.6. The van der Waals surface area contributed by atoms with Crippen molar-refractivity contribution in [3.05, 3.63) is 0 Å². The monoisotopic (exact) mass is 340 g/mol. The third-order valence-electron chi connectivity index (χ3n) is 5.11. The van der Waals surface area contributed by atoms with Crippen LogP contribution in [0.1, 0.15) is 60.3 Å². The maximum atomic E-state index is 12.5. The third-order valence-corrected chi connectivity index (χ3v) is 5.11. The molecule has 2 aliphatic rings. The molecule has 2 aliphatic heterocycles. The number of carbonyl (C=O) groups is 2. The first-order valence-corrected chi connectivity index (χ1v) is 9.06. The van der Waals surface area contributed by atoms with Gasteiger partial charge in [0, 0.05) is 31.2 Å². The average Bonchev–Trinajstić information content (AvgIpc) is 2.45. The van der Waals surface area contributed by atoms with Gasteiger partial charge < -0.3 is 14.7 Å². The Kier molecular flexibility index (Phi) is 5.78. The van der Waals surface area contributed by atoms with Crippen molar-refractivity contribution in [3.63, 3.8) is 0 Å². The molecular formula is C18H32N2O4. The number of hydrogen-bond donors (Lipinski definition) is 1. The molecule has 1 amide bonds. The Morgan fingerprint density at radius 2 is 1.67 bits per heavy atom. The minimum Gasteiger partial charge on any atom is -0.481 e. The van der Waals surface area contributed by atoms with E-state index in [2.05, 4.69) is 18.7 Å². The molecule has 2 rings (SSSR count). The van der Waals surface area contributed by atoms with Crippen molar-refractivity contribution >= 4 is 12.1 Å². The van der Waals surface area contributed by atoms with E-state index in [1.807, 2.05) is 20.8 Å². The number of piperidine rings is 2. The van der Waals surface area contributed by atoms with E-state index in [4.69, 9.17) is 4.74 Å². The number of hydrogen-bond acceptors (Lipinski definition) is 4. The first kappa shape index (κ1) is 19.0. The molecule has 0 bridgehead atoms. The van der Waals surface area contributed by atoms with Crippen molar-refractivity contribution < 1.29 is 19.4 Å². The topological polar surface area (TPSA) is 70.1 Å². The van der Waals surface area contributed by atoms with Gasteiger partial charge in [0.25, 0.3) is 0 Å². The van der Waals surface area contributed by atoms with E-state index in [0.29, 0.717) is 25.0 Å². The zero-order valence-electron chi connectivity index (χ0n) is 15.6. The molecule has 2 fully saturated rings. The van der Waals surface area contributed by atoms with Gasteiger partial charge in [0.05, 0.1) is 5.92 Å². The van der Waals surface area contributed by atoms with Crippen molar-refractivity contribution in [2.75, 3.05) is 13.1 Å². The molecule has 0 unspecified atom stereocenters. The summed E-state index contributed by atoms with van der Waals surface area (Å²) in [6.45, 7) is 10.7. The first-order valence-electron chi connectivity index (χ1n) is 9.06. The average molecular weight is 340 g/mol. The number of aliphatic carboxylic acids is 1. The largest absolute Gasteiger partial charge is 0.481 e. The Hall–Kier alpha value is -1.30. The summed E-state index contributed by atoms with van der Waals surface area (Å²) in [4.78, 5) is 28.1. The molecule has 0 aromatic carbocycles. The van der Waals surface area contributed by atoms with Gasteiger partial charge in [0.1, 0.15) is 5.60 Å². The summed E-state index contributed by atoms with van der Waals surface area (Å²) in [7, 11) is 0. The standard InChI is InChI=1S/C18H32N2O4/c1-12-7-6-8-13(2)20(12)15-9-14(16(21)22)10-19(11-15)17(23)24-18(3,4)5/h12-15H,6-11H2,1-5H3,(H,21,22)/t12-,13+,14-,15-/m0/s1. The molecule has 1 N–H and O–H groups in total. The minimum atomic E-state index is -0.828. The number of rotatable bonds is 2. The van der Waals surface area contributed by atoms with Crippen LogP contribution in [0.2, 0.25) is 0 Å². The minimum absolute atomic E-state index is 0.0812. The van der Waals surface area contributed by atoms with Crippen LogP contribution >= 0.6 is 0 Å². The fourth-order valence-electron chi connectivity index (χ4n) is 4.10. The van der Waals surface area contributed by atoms with Gasteiger partial charge in [0.2, 0.25) is 0 Å². The van der Waals surface area contributed by atoms with Crippen molar-refractivity contribution in [2.24, 2.45) is 5.92 Å². The van der Waals surface area contributed by atoms with Gasteiger partial charge >= 0.3 is 12.1 Å². The molecule has 0 radical (unpaired) electrons. The summed E-state index contributed by atoms with van der Waals surface area (Å²) in [5.74, 6) is -1.36. The highest BCUT2D eigenvalue weighted by atomic mass is 16.6. The molecule has 0 spiro atoms. The van der Waals surface area contributed by atoms with Crippen molar-refractivity contribution in [2.45, 2.75) is 84.0 Å². The second kappa shape index (κ2) is 7.30. The summed E-state index contributed by atoms with van der Waals surface area (Å²) >= 11 is 0. The molecule has 6 nitrogen and oxygen atoms in total. The summed E-state index contributed by atoms with van der Waals surface area (Å²) < 4.78 is 5.47. The molecule has 24 heavy (non-hydrogen) atoms. The molecule has 6 heteroatoms. The number of amides is 1. The fourth-order valence-corrected chi connectivity index (χ4v) is 4.10. The highest BCUT2D eigenvalue weighted by molar-refractivity contribution is 5.73. The highest BCUT2D eigenvalue weighted by Crippen LogP contribution is 2.31.